The lowest BCUT2D eigenvalue weighted by atomic mass is 9.94. The van der Waals surface area contributed by atoms with Crippen molar-refractivity contribution in [2.75, 3.05) is 38.0 Å². The van der Waals surface area contributed by atoms with E-state index in [1.807, 2.05) is 0 Å². The van der Waals surface area contributed by atoms with Crippen LogP contribution in [0.5, 0.6) is 0 Å². The lowest BCUT2D eigenvalue weighted by Crippen LogP contribution is -2.21. The van der Waals surface area contributed by atoms with E-state index in [-0.39, 0.29) is 1.43 Å². The summed E-state index contributed by atoms with van der Waals surface area (Å²) in [6.45, 7) is 12.0. The van der Waals surface area contributed by atoms with Gasteiger partial charge in [0.25, 0.3) is 0 Å². The van der Waals surface area contributed by atoms with Gasteiger partial charge >= 0.3 is 0 Å². The summed E-state index contributed by atoms with van der Waals surface area (Å²) in [4.78, 5) is 4.49. The first-order valence-electron chi connectivity index (χ1n) is 11.8. The zero-order valence-electron chi connectivity index (χ0n) is 20.6. The molecule has 0 unspecified atom stereocenters. The Morgan fingerprint density at radius 2 is 1.84 bits per heavy atom. The summed E-state index contributed by atoms with van der Waals surface area (Å²) in [6.07, 6.45) is 6.14. The molecule has 0 amide bonds. The van der Waals surface area contributed by atoms with Gasteiger partial charge in [0.05, 0.1) is 24.1 Å². The van der Waals surface area contributed by atoms with Crippen LogP contribution in [0.4, 0.5) is 11.4 Å². The fraction of sp³-hybridized carbons (Fsp3) is 0.500. The number of anilines is 2. The number of nitrogens with zero attached hydrogens (tertiary/aromatic N) is 2. The van der Waals surface area contributed by atoms with E-state index in [1.54, 1.807) is 0 Å². The van der Waals surface area contributed by atoms with E-state index in [0.717, 1.165) is 25.4 Å². The molecule has 0 fully saturated rings. The molecule has 1 aliphatic heterocycles. The molecule has 1 atom stereocenters. The highest BCUT2D eigenvalue weighted by molar-refractivity contribution is 5.75. The molecule has 0 spiro atoms. The zero-order chi connectivity index (χ0) is 22.8. The quantitative estimate of drug-likeness (QED) is 0.335. The van der Waals surface area contributed by atoms with Crippen LogP contribution in [-0.2, 0) is 6.42 Å². The average molecular weight is 424 g/mol. The van der Waals surface area contributed by atoms with Crippen molar-refractivity contribution in [3.63, 3.8) is 0 Å². The minimum atomic E-state index is 0. The highest BCUT2D eigenvalue weighted by atomic mass is 15.3. The number of fused-ring (bicyclic) bond motifs is 1. The van der Waals surface area contributed by atoms with E-state index in [0.29, 0.717) is 6.04 Å². The Bertz CT molecular complexity index is 802. The third kappa shape index (κ3) is 7.74. The number of benzene rings is 2. The number of aryl methyl sites for hydroxylation is 1. The normalized spacial score (nSPS) is 13.5. The molecule has 1 N–H and O–H groups in total. The maximum absolute atomic E-state index is 4.33. The number of unbranched alkanes of at least 4 members (excludes halogenated alkanes) is 1. The van der Waals surface area contributed by atoms with Crippen molar-refractivity contribution in [3.05, 3.63) is 71.8 Å². The molecular weight excluding hydrogens is 378 g/mol. The van der Waals surface area contributed by atoms with E-state index in [2.05, 4.69) is 112 Å². The Labute approximate surface area is 192 Å². The molecule has 0 aromatic heterocycles. The van der Waals surface area contributed by atoms with Crippen LogP contribution in [0.1, 0.15) is 65.0 Å². The van der Waals surface area contributed by atoms with Crippen LogP contribution in [0.3, 0.4) is 0 Å². The lowest BCUT2D eigenvalue weighted by Gasteiger charge is -2.27. The van der Waals surface area contributed by atoms with Crippen LogP contribution in [0.25, 0.3) is 0 Å². The molecule has 3 rings (SSSR count). The summed E-state index contributed by atoms with van der Waals surface area (Å²) in [5, 5.41) is 3.33. The highest BCUT2D eigenvalue weighted by Crippen LogP contribution is 2.31. The molecule has 1 aliphatic rings. The van der Waals surface area contributed by atoms with Gasteiger partial charge in [0.15, 0.2) is 0 Å². The summed E-state index contributed by atoms with van der Waals surface area (Å²) >= 11 is 0. The molecule has 0 radical (unpaired) electrons. The minimum Gasteiger partial charge on any atom is -0.366 e. The van der Waals surface area contributed by atoms with Crippen LogP contribution in [0, 0.1) is 5.92 Å². The fourth-order valence-electron chi connectivity index (χ4n) is 4.13. The maximum Gasteiger partial charge on any atom is 0.0874 e. The maximum atomic E-state index is 4.33. The molecule has 3 heteroatoms. The van der Waals surface area contributed by atoms with Gasteiger partial charge in [-0.05, 0) is 62.5 Å². The summed E-state index contributed by atoms with van der Waals surface area (Å²) < 4.78 is 0. The molecular formula is C28H45N3. The Morgan fingerprint density at radius 1 is 1.13 bits per heavy atom. The summed E-state index contributed by atoms with van der Waals surface area (Å²) in [5.74, 6) is 0.812. The summed E-state index contributed by atoms with van der Waals surface area (Å²) in [5.41, 5.74) is 6.68. The van der Waals surface area contributed by atoms with E-state index in [1.165, 1.54) is 47.3 Å². The second-order valence-electron chi connectivity index (χ2n) is 9.31. The van der Waals surface area contributed by atoms with Crippen LogP contribution in [-0.4, -0.2) is 32.7 Å². The molecule has 0 saturated carbocycles. The number of hydrogen-bond donors (Lipinski definition) is 1. The summed E-state index contributed by atoms with van der Waals surface area (Å²) in [6, 6.07) is 17.6. The van der Waals surface area contributed by atoms with Crippen LogP contribution < -0.4 is 10.2 Å². The van der Waals surface area contributed by atoms with Gasteiger partial charge in [-0.25, -0.2) is 0 Å². The van der Waals surface area contributed by atoms with Gasteiger partial charge in [-0.15, -0.1) is 0 Å². The van der Waals surface area contributed by atoms with Crippen molar-refractivity contribution in [3.8, 4) is 0 Å². The first kappa shape index (κ1) is 25.0. The molecule has 3 nitrogen and oxygen atoms in total. The van der Waals surface area contributed by atoms with Crippen molar-refractivity contribution in [1.29, 1.82) is 0 Å². The molecule has 0 saturated heterocycles. The zero-order valence-corrected chi connectivity index (χ0v) is 20.6. The van der Waals surface area contributed by atoms with Crippen molar-refractivity contribution in [1.82, 2.24) is 4.90 Å². The Balaban J connectivity index is 0.000000338. The molecule has 0 aliphatic carbocycles. The minimum absolute atomic E-state index is 0. The monoisotopic (exact) mass is 423 g/mol. The van der Waals surface area contributed by atoms with E-state index < -0.39 is 0 Å². The number of likely N-dealkylation sites (N-methyl/N-ethyl adjacent to an activating group) is 1. The van der Waals surface area contributed by atoms with Gasteiger partial charge in [-0.1, -0.05) is 82.2 Å². The van der Waals surface area contributed by atoms with E-state index in [4.69, 9.17) is 0 Å². The molecule has 31 heavy (non-hydrogen) atoms. The lowest BCUT2D eigenvalue weighted by molar-refractivity contribution is 0.330. The highest BCUT2D eigenvalue weighted by Gasteiger charge is 2.17. The summed E-state index contributed by atoms with van der Waals surface area (Å²) in [7, 11) is 6.38. The predicted molar refractivity (Wildman–Crippen MR) is 140 cm³/mol. The van der Waals surface area contributed by atoms with Gasteiger partial charge in [0.1, 0.15) is 0 Å². The van der Waals surface area contributed by atoms with Crippen molar-refractivity contribution in [2.45, 2.75) is 58.9 Å². The Hall–Kier alpha value is -2.26. The van der Waals surface area contributed by atoms with Gasteiger partial charge in [0.2, 0.25) is 0 Å². The first-order valence-corrected chi connectivity index (χ1v) is 11.8. The fourth-order valence-corrected chi connectivity index (χ4v) is 4.13. The third-order valence-electron chi connectivity index (χ3n) is 5.94. The molecule has 0 bridgehead atoms. The third-order valence-corrected chi connectivity index (χ3v) is 5.94. The Morgan fingerprint density at radius 3 is 2.45 bits per heavy atom. The Kier molecular flexibility index (Phi) is 10.1. The average Bonchev–Trinajstić information content (AvgIpc) is 3.12. The van der Waals surface area contributed by atoms with Crippen molar-refractivity contribution < 1.29 is 1.43 Å². The smallest absolute Gasteiger partial charge is 0.0874 e. The standard InChI is InChI=1S/C18H29N.C10H14N2.H2/c1-15(2)11-9-10-12-16(3)18(19(4)5)17-13-7-6-8-14-17;1-3-8-4-5-9-10(6-8)12(2)7-11-9;/h6-8,13-15,18H,3,9-12H2,1-2,4-5H3;4-6,11H,3,7H2,1-2H3;1H/t18-;;/m1../s1. The molecule has 172 valence electrons. The van der Waals surface area contributed by atoms with Crippen LogP contribution >= 0.6 is 0 Å². The van der Waals surface area contributed by atoms with Gasteiger partial charge in [-0.2, -0.15) is 0 Å². The second kappa shape index (κ2) is 12.6. The molecule has 2 aromatic carbocycles. The van der Waals surface area contributed by atoms with Crippen molar-refractivity contribution >= 4 is 11.4 Å². The van der Waals surface area contributed by atoms with E-state index in [9.17, 15) is 0 Å². The van der Waals surface area contributed by atoms with E-state index >= 15 is 0 Å². The molecule has 1 heterocycles. The van der Waals surface area contributed by atoms with Crippen LogP contribution in [0.15, 0.2) is 60.7 Å². The predicted octanol–water partition coefficient (Wildman–Crippen LogP) is 7.38. The second-order valence-corrected chi connectivity index (χ2v) is 9.31. The van der Waals surface area contributed by atoms with Gasteiger partial charge in [-0.3, -0.25) is 4.90 Å². The number of nitrogens with one attached hydrogen (secondary N) is 1. The van der Waals surface area contributed by atoms with Crippen molar-refractivity contribution in [2.24, 2.45) is 5.92 Å². The first-order chi connectivity index (χ1) is 14.8. The van der Waals surface area contributed by atoms with Gasteiger partial charge in [0, 0.05) is 8.47 Å². The largest absolute Gasteiger partial charge is 0.366 e. The number of rotatable bonds is 9. The van der Waals surface area contributed by atoms with Crippen LogP contribution in [0.2, 0.25) is 0 Å². The topological polar surface area (TPSA) is 18.5 Å². The van der Waals surface area contributed by atoms with Gasteiger partial charge < -0.3 is 10.2 Å². The number of hydrogen-bond acceptors (Lipinski definition) is 3. The SMILES string of the molecule is C=C(CCCCC(C)C)[C@H](c1ccccc1)N(C)C.CCc1ccc2c(c1)N(C)CN2.[HH]. The molecule has 2 aromatic rings.